The number of unbranched alkanes of at least 4 members (excludes halogenated alkanes) is 12. The van der Waals surface area contributed by atoms with Crippen LogP contribution in [-0.4, -0.2) is 75.5 Å². The number of aliphatic carboxylic acids is 1. The predicted molar refractivity (Wildman–Crippen MR) is 286 cm³/mol. The Bertz CT molecular complexity index is 1520. The van der Waals surface area contributed by atoms with Gasteiger partial charge in [0.15, 0.2) is 6.10 Å². The average molecular weight is 944 g/mol. The van der Waals surface area contributed by atoms with Crippen LogP contribution in [0.1, 0.15) is 187 Å². The third-order valence-corrected chi connectivity index (χ3v) is 11.1. The summed E-state index contributed by atoms with van der Waals surface area (Å²) in [7, 11) is 5.39. The quantitative estimate of drug-likeness (QED) is 0.0259. The molecule has 0 aliphatic rings. The minimum Gasteiger partial charge on any atom is -0.544 e. The van der Waals surface area contributed by atoms with Crippen LogP contribution in [0.4, 0.5) is 0 Å². The molecule has 0 aromatic carbocycles. The van der Waals surface area contributed by atoms with Gasteiger partial charge in [-0.1, -0.05) is 187 Å². The van der Waals surface area contributed by atoms with Crippen molar-refractivity contribution in [3.05, 3.63) is 122 Å². The summed E-state index contributed by atoms with van der Waals surface area (Å²) in [6.45, 7) is 4.39. The van der Waals surface area contributed by atoms with E-state index in [4.69, 9.17) is 14.2 Å². The first kappa shape index (κ1) is 63.7. The molecule has 2 atom stereocenters. The molecule has 0 heterocycles. The molecule has 0 aromatic heterocycles. The van der Waals surface area contributed by atoms with E-state index in [-0.39, 0.29) is 42.7 Å². The first-order chi connectivity index (χ1) is 33.1. The van der Waals surface area contributed by atoms with Crippen LogP contribution in [0.15, 0.2) is 122 Å². The van der Waals surface area contributed by atoms with Gasteiger partial charge in [-0.05, 0) is 103 Å². The lowest BCUT2D eigenvalue weighted by Gasteiger charge is -2.34. The van der Waals surface area contributed by atoms with Gasteiger partial charge in [-0.15, -0.1) is 0 Å². The van der Waals surface area contributed by atoms with Gasteiger partial charge >= 0.3 is 11.9 Å². The minimum absolute atomic E-state index is 0.0192. The Morgan fingerprint density at radius 3 is 1.16 bits per heavy atom. The van der Waals surface area contributed by atoms with Crippen molar-refractivity contribution in [2.45, 2.75) is 199 Å². The van der Waals surface area contributed by atoms with Gasteiger partial charge < -0.3 is 28.6 Å². The lowest BCUT2D eigenvalue weighted by atomic mass is 10.1. The molecular formula is C60H97NO7. The molecule has 8 heteroatoms. The maximum atomic E-state index is 12.8. The van der Waals surface area contributed by atoms with Crippen molar-refractivity contribution in [3.8, 4) is 0 Å². The van der Waals surface area contributed by atoms with Crippen LogP contribution in [0.3, 0.4) is 0 Å². The topological polar surface area (TPSA) is 102 Å². The fourth-order valence-corrected chi connectivity index (χ4v) is 7.06. The molecule has 0 N–H and O–H groups in total. The number of carboxylic acid groups (broad SMARTS) is 1. The van der Waals surface area contributed by atoms with Gasteiger partial charge in [-0.3, -0.25) is 9.59 Å². The van der Waals surface area contributed by atoms with Crippen molar-refractivity contribution < 1.29 is 38.2 Å². The van der Waals surface area contributed by atoms with Gasteiger partial charge in [0.1, 0.15) is 12.6 Å². The average Bonchev–Trinajstić information content (AvgIpc) is 3.30. The normalized spacial score (nSPS) is 13.8. The molecule has 0 amide bonds. The molecule has 0 aliphatic carbocycles. The molecule has 0 saturated heterocycles. The Morgan fingerprint density at radius 1 is 0.441 bits per heavy atom. The zero-order valence-corrected chi connectivity index (χ0v) is 43.7. The third kappa shape index (κ3) is 46.8. The lowest BCUT2D eigenvalue weighted by molar-refractivity contribution is -0.889. The zero-order chi connectivity index (χ0) is 49.9. The first-order valence-corrected chi connectivity index (χ1v) is 26.6. The Morgan fingerprint density at radius 2 is 0.779 bits per heavy atom. The summed E-state index contributed by atoms with van der Waals surface area (Å²) in [4.78, 5) is 37.1. The monoisotopic (exact) mass is 944 g/mol. The van der Waals surface area contributed by atoms with Crippen LogP contribution >= 0.6 is 0 Å². The van der Waals surface area contributed by atoms with Crippen LogP contribution in [0.2, 0.25) is 0 Å². The van der Waals surface area contributed by atoms with Gasteiger partial charge in [0.2, 0.25) is 0 Å². The summed E-state index contributed by atoms with van der Waals surface area (Å²) in [5.41, 5.74) is 0. The molecule has 8 nitrogen and oxygen atoms in total. The van der Waals surface area contributed by atoms with Crippen LogP contribution < -0.4 is 5.11 Å². The number of ether oxygens (including phenoxy) is 3. The van der Waals surface area contributed by atoms with E-state index in [1.807, 2.05) is 0 Å². The number of quaternary nitrogens is 1. The summed E-state index contributed by atoms with van der Waals surface area (Å²) >= 11 is 0. The lowest BCUT2D eigenvalue weighted by Crippen LogP contribution is -2.55. The van der Waals surface area contributed by atoms with Crippen molar-refractivity contribution in [2.75, 3.05) is 41.0 Å². The van der Waals surface area contributed by atoms with E-state index in [9.17, 15) is 19.5 Å². The molecule has 384 valence electrons. The number of carboxylic acids is 1. The molecule has 0 aromatic rings. The highest BCUT2D eigenvalue weighted by molar-refractivity contribution is 5.70. The van der Waals surface area contributed by atoms with Crippen LogP contribution in [0.25, 0.3) is 0 Å². The number of allylic oxidation sites excluding steroid dienone is 20. The predicted octanol–water partition coefficient (Wildman–Crippen LogP) is 14.4. The number of nitrogens with zero attached hydrogens (tertiary/aromatic N) is 1. The van der Waals surface area contributed by atoms with Crippen molar-refractivity contribution in [2.24, 2.45) is 0 Å². The van der Waals surface area contributed by atoms with Gasteiger partial charge in [0, 0.05) is 19.3 Å². The fraction of sp³-hybridized carbons (Fsp3) is 0.617. The number of rotatable bonds is 46. The number of carbonyl (C=O) groups excluding carboxylic acids is 3. The Hall–Kier alpha value is -4.27. The third-order valence-electron chi connectivity index (χ3n) is 11.1. The molecule has 0 radical (unpaired) electrons. The van der Waals surface area contributed by atoms with Gasteiger partial charge in [0.05, 0.1) is 40.3 Å². The van der Waals surface area contributed by atoms with Crippen LogP contribution in [0.5, 0.6) is 0 Å². The highest BCUT2D eigenvalue weighted by Crippen LogP contribution is 2.14. The Labute approximate surface area is 416 Å². The van der Waals surface area contributed by atoms with Gasteiger partial charge in [-0.25, -0.2) is 0 Å². The second-order valence-corrected chi connectivity index (χ2v) is 18.3. The van der Waals surface area contributed by atoms with E-state index in [0.717, 1.165) is 116 Å². The fourth-order valence-electron chi connectivity index (χ4n) is 7.06. The number of hydrogen-bond donors (Lipinski definition) is 0. The van der Waals surface area contributed by atoms with Crippen molar-refractivity contribution in [1.82, 2.24) is 0 Å². The molecule has 2 unspecified atom stereocenters. The number of hydrogen-bond acceptors (Lipinski definition) is 7. The maximum absolute atomic E-state index is 12.8. The first-order valence-electron chi connectivity index (χ1n) is 26.6. The SMILES string of the molecule is CC/C=C/C/C=C/C/C=C/C/C=C/C/C=C/C/C=C/CCCCCC(=O)OCC(COCCC(C(=O)[O-])[N+](C)(C)C)OC(=O)CCCCCCCCCCC/C=C/C/C=C/C/C=C/C/C=C/CC. The highest BCUT2D eigenvalue weighted by atomic mass is 16.6. The van der Waals surface area contributed by atoms with E-state index in [1.165, 1.54) is 38.5 Å². The van der Waals surface area contributed by atoms with Crippen LogP contribution in [0, 0.1) is 0 Å². The smallest absolute Gasteiger partial charge is 0.306 e. The Balaban J connectivity index is 4.33. The second kappa shape index (κ2) is 49.2. The summed E-state index contributed by atoms with van der Waals surface area (Å²) in [5.74, 6) is -1.80. The summed E-state index contributed by atoms with van der Waals surface area (Å²) < 4.78 is 17.2. The minimum atomic E-state index is -1.14. The van der Waals surface area contributed by atoms with E-state index in [1.54, 1.807) is 21.1 Å². The summed E-state index contributed by atoms with van der Waals surface area (Å²) in [6.07, 6.45) is 69.4. The van der Waals surface area contributed by atoms with Gasteiger partial charge in [0.25, 0.3) is 0 Å². The van der Waals surface area contributed by atoms with E-state index in [0.29, 0.717) is 12.8 Å². The molecule has 0 rings (SSSR count). The summed E-state index contributed by atoms with van der Waals surface area (Å²) in [5, 5.41) is 11.7. The standard InChI is InChI=1S/C60H97NO7/c1-6-8-10-12-14-16-18-20-22-24-26-28-30-32-34-36-38-40-42-44-46-48-50-58(62)67-55-56(54-66-53-52-57(60(64)65)61(3,4)5)68-59(63)51-49-47-45-43-41-39-37-35-33-31-29-27-25-23-21-19-17-15-13-11-9-7-2/h8-11,14-17,20-23,26-29,32,34,38,40,56-57H,6-7,12-13,18-19,24-25,30-31,33,35-37,39,41-55H2,1-5H3/b10-8+,11-9+,16-14+,17-15+,22-20+,23-21+,28-26+,29-27+,34-32+,40-38+. The molecule has 0 saturated carbocycles. The van der Waals surface area contributed by atoms with E-state index in [2.05, 4.69) is 135 Å². The van der Waals surface area contributed by atoms with E-state index < -0.39 is 18.1 Å². The summed E-state index contributed by atoms with van der Waals surface area (Å²) in [6, 6.07) is -0.741. The highest BCUT2D eigenvalue weighted by Gasteiger charge is 2.25. The number of carbonyl (C=O) groups is 3. The molecule has 0 spiro atoms. The molecule has 68 heavy (non-hydrogen) atoms. The molecule has 0 aliphatic heterocycles. The maximum Gasteiger partial charge on any atom is 0.306 e. The largest absolute Gasteiger partial charge is 0.544 e. The zero-order valence-electron chi connectivity index (χ0n) is 43.7. The van der Waals surface area contributed by atoms with Crippen molar-refractivity contribution in [1.29, 1.82) is 0 Å². The number of likely N-dealkylation sites (N-methyl/N-ethyl adjacent to an activating group) is 1. The van der Waals surface area contributed by atoms with Crippen molar-refractivity contribution >= 4 is 17.9 Å². The van der Waals surface area contributed by atoms with Gasteiger partial charge in [-0.2, -0.15) is 0 Å². The van der Waals surface area contributed by atoms with E-state index >= 15 is 0 Å². The van der Waals surface area contributed by atoms with Crippen molar-refractivity contribution in [3.63, 3.8) is 0 Å². The molecule has 0 fully saturated rings. The van der Waals surface area contributed by atoms with Crippen LogP contribution in [-0.2, 0) is 28.6 Å². The molecular weight excluding hydrogens is 847 g/mol. The second-order valence-electron chi connectivity index (χ2n) is 18.3. The Kier molecular flexibility index (Phi) is 46.1. The molecule has 0 bridgehead atoms. The number of esters is 2.